The predicted octanol–water partition coefficient (Wildman–Crippen LogP) is 1.08. The van der Waals surface area contributed by atoms with Crippen LogP contribution in [0.3, 0.4) is 0 Å². The van der Waals surface area contributed by atoms with Gasteiger partial charge in [0.1, 0.15) is 0 Å². The van der Waals surface area contributed by atoms with Crippen LogP contribution in [-0.4, -0.2) is 9.55 Å². The second kappa shape index (κ2) is 5.46. The maximum absolute atomic E-state index is 11.5. The van der Waals surface area contributed by atoms with E-state index in [1.165, 1.54) is 10.6 Å². The first-order valence-corrected chi connectivity index (χ1v) is 5.61. The van der Waals surface area contributed by atoms with Crippen LogP contribution in [0.5, 0.6) is 0 Å². The molecule has 0 aliphatic rings. The number of benzene rings is 1. The molecule has 0 atom stereocenters. The Labute approximate surface area is 105 Å². The van der Waals surface area contributed by atoms with Gasteiger partial charge in [-0.1, -0.05) is 30.3 Å². The van der Waals surface area contributed by atoms with Gasteiger partial charge < -0.3 is 10.5 Å². The van der Waals surface area contributed by atoms with Crippen LogP contribution in [0.15, 0.2) is 41.2 Å². The van der Waals surface area contributed by atoms with E-state index in [2.05, 4.69) is 4.98 Å². The van der Waals surface area contributed by atoms with Crippen molar-refractivity contribution in [1.29, 1.82) is 0 Å². The third-order valence-electron chi connectivity index (χ3n) is 2.58. The molecule has 0 bridgehead atoms. The van der Waals surface area contributed by atoms with E-state index < -0.39 is 0 Å². The number of rotatable bonds is 4. The zero-order valence-corrected chi connectivity index (χ0v) is 10.2. The molecule has 1 aromatic carbocycles. The summed E-state index contributed by atoms with van der Waals surface area (Å²) in [6.45, 7) is 0.757. The summed E-state index contributed by atoms with van der Waals surface area (Å²) in [5, 5.41) is 0. The number of anilines is 1. The number of hydrogen-bond acceptors (Lipinski definition) is 4. The summed E-state index contributed by atoms with van der Waals surface area (Å²) in [6.07, 6.45) is 0. The first kappa shape index (κ1) is 12.3. The molecule has 5 nitrogen and oxygen atoms in total. The van der Waals surface area contributed by atoms with Crippen LogP contribution in [-0.2, 0) is 25.0 Å². The second-order valence-electron chi connectivity index (χ2n) is 3.98. The third-order valence-corrected chi connectivity index (χ3v) is 2.58. The van der Waals surface area contributed by atoms with Gasteiger partial charge in [-0.25, -0.2) is 4.98 Å². The highest BCUT2D eigenvalue weighted by Gasteiger charge is 2.02. The Morgan fingerprint density at radius 1 is 1.28 bits per heavy atom. The van der Waals surface area contributed by atoms with Crippen molar-refractivity contribution in [1.82, 2.24) is 9.55 Å². The van der Waals surface area contributed by atoms with Gasteiger partial charge in [-0.3, -0.25) is 9.36 Å². The van der Waals surface area contributed by atoms with Gasteiger partial charge in [-0.05, 0) is 5.56 Å². The zero-order valence-electron chi connectivity index (χ0n) is 10.2. The highest BCUT2D eigenvalue weighted by Crippen LogP contribution is 2.04. The van der Waals surface area contributed by atoms with Gasteiger partial charge >= 0.3 is 0 Å². The quantitative estimate of drug-likeness (QED) is 0.875. The molecule has 0 spiro atoms. The van der Waals surface area contributed by atoms with Crippen molar-refractivity contribution in [3.05, 3.63) is 58.0 Å². The number of nitrogens with zero attached hydrogens (tertiary/aromatic N) is 2. The van der Waals surface area contributed by atoms with Crippen molar-refractivity contribution in [2.24, 2.45) is 7.05 Å². The molecule has 5 heteroatoms. The molecule has 0 aliphatic carbocycles. The van der Waals surface area contributed by atoms with Crippen LogP contribution in [0.4, 0.5) is 5.95 Å². The van der Waals surface area contributed by atoms with Gasteiger partial charge in [0.2, 0.25) is 5.95 Å². The van der Waals surface area contributed by atoms with Crippen molar-refractivity contribution in [2.45, 2.75) is 13.2 Å². The average molecular weight is 245 g/mol. The molecule has 94 valence electrons. The summed E-state index contributed by atoms with van der Waals surface area (Å²) in [7, 11) is 1.58. The normalized spacial score (nSPS) is 10.5. The van der Waals surface area contributed by atoms with Crippen LogP contribution in [0.25, 0.3) is 0 Å². The van der Waals surface area contributed by atoms with Gasteiger partial charge in [-0.2, -0.15) is 0 Å². The van der Waals surface area contributed by atoms with Crippen molar-refractivity contribution in [3.63, 3.8) is 0 Å². The topological polar surface area (TPSA) is 70.1 Å². The minimum absolute atomic E-state index is 0.180. The minimum atomic E-state index is -0.180. The maximum Gasteiger partial charge on any atom is 0.254 e. The Bertz CT molecular complexity index is 579. The lowest BCUT2D eigenvalue weighted by molar-refractivity contribution is 0.104. The second-order valence-corrected chi connectivity index (χ2v) is 3.98. The number of ether oxygens (including phenoxy) is 1. The Morgan fingerprint density at radius 2 is 2.00 bits per heavy atom. The van der Waals surface area contributed by atoms with Gasteiger partial charge in [-0.15, -0.1) is 0 Å². The molecule has 0 saturated heterocycles. The number of hydrogen-bond donors (Lipinski definition) is 1. The number of nitrogens with two attached hydrogens (primary N) is 1. The van der Waals surface area contributed by atoms with E-state index >= 15 is 0 Å². The summed E-state index contributed by atoms with van der Waals surface area (Å²) in [4.78, 5) is 15.6. The molecule has 0 amide bonds. The van der Waals surface area contributed by atoms with E-state index in [4.69, 9.17) is 10.5 Å². The molecule has 1 heterocycles. The van der Waals surface area contributed by atoms with Crippen molar-refractivity contribution in [3.8, 4) is 0 Å². The Morgan fingerprint density at radius 3 is 2.67 bits per heavy atom. The van der Waals surface area contributed by atoms with Crippen LogP contribution >= 0.6 is 0 Å². The molecule has 1 aromatic heterocycles. The van der Waals surface area contributed by atoms with E-state index in [0.717, 1.165) is 5.56 Å². The molecule has 0 radical (unpaired) electrons. The molecule has 18 heavy (non-hydrogen) atoms. The van der Waals surface area contributed by atoms with Crippen molar-refractivity contribution < 1.29 is 4.74 Å². The van der Waals surface area contributed by atoms with Gasteiger partial charge in [0, 0.05) is 13.1 Å². The highest BCUT2D eigenvalue weighted by molar-refractivity contribution is 5.19. The van der Waals surface area contributed by atoms with Gasteiger partial charge in [0.25, 0.3) is 5.56 Å². The molecule has 2 aromatic rings. The van der Waals surface area contributed by atoms with Crippen LogP contribution in [0, 0.1) is 0 Å². The van der Waals surface area contributed by atoms with E-state index in [1.54, 1.807) is 7.05 Å². The average Bonchev–Trinajstić information content (AvgIpc) is 2.37. The fraction of sp³-hybridized carbons (Fsp3) is 0.231. The van der Waals surface area contributed by atoms with E-state index in [-0.39, 0.29) is 18.1 Å². The molecule has 2 rings (SSSR count). The minimum Gasteiger partial charge on any atom is -0.370 e. The van der Waals surface area contributed by atoms with Crippen molar-refractivity contribution >= 4 is 5.95 Å². The fourth-order valence-electron chi connectivity index (χ4n) is 1.53. The summed E-state index contributed by atoms with van der Waals surface area (Å²) in [5.74, 6) is 0.195. The number of aromatic nitrogens is 2. The largest absolute Gasteiger partial charge is 0.370 e. The first-order chi connectivity index (χ1) is 8.66. The lowest BCUT2D eigenvalue weighted by Gasteiger charge is -2.06. The Hall–Kier alpha value is -2.14. The predicted molar refractivity (Wildman–Crippen MR) is 68.8 cm³/mol. The van der Waals surface area contributed by atoms with Crippen LogP contribution < -0.4 is 11.3 Å². The smallest absolute Gasteiger partial charge is 0.254 e. The molecule has 0 saturated carbocycles. The van der Waals surface area contributed by atoms with E-state index in [0.29, 0.717) is 12.3 Å². The third kappa shape index (κ3) is 2.95. The van der Waals surface area contributed by atoms with E-state index in [1.807, 2.05) is 30.3 Å². The van der Waals surface area contributed by atoms with Crippen molar-refractivity contribution in [2.75, 3.05) is 5.73 Å². The van der Waals surface area contributed by atoms with E-state index in [9.17, 15) is 4.79 Å². The summed E-state index contributed by atoms with van der Waals surface area (Å²) >= 11 is 0. The highest BCUT2D eigenvalue weighted by atomic mass is 16.5. The SMILES string of the molecule is Cn1c(N)nc(COCc2ccccc2)cc1=O. The standard InChI is InChI=1S/C13H15N3O2/c1-16-12(17)7-11(15-13(16)14)9-18-8-10-5-3-2-4-6-10/h2-7H,8-9H2,1H3,(H2,14,15). The lowest BCUT2D eigenvalue weighted by Crippen LogP contribution is -2.21. The molecule has 0 fully saturated rings. The Balaban J connectivity index is 1.97. The molecule has 0 aliphatic heterocycles. The zero-order chi connectivity index (χ0) is 13.0. The summed E-state index contributed by atoms with van der Waals surface area (Å²) in [6, 6.07) is 11.2. The van der Waals surface area contributed by atoms with Gasteiger partial charge in [0.15, 0.2) is 0 Å². The molecular weight excluding hydrogens is 230 g/mol. The summed E-state index contributed by atoms with van der Waals surface area (Å²) < 4.78 is 6.78. The lowest BCUT2D eigenvalue weighted by atomic mass is 10.2. The first-order valence-electron chi connectivity index (χ1n) is 5.61. The van der Waals surface area contributed by atoms with Gasteiger partial charge in [0.05, 0.1) is 18.9 Å². The number of nitrogen functional groups attached to an aromatic ring is 1. The maximum atomic E-state index is 11.5. The van der Waals surface area contributed by atoms with Crippen LogP contribution in [0.1, 0.15) is 11.3 Å². The molecule has 2 N–H and O–H groups in total. The molecule has 0 unspecified atom stereocenters. The fourth-order valence-corrected chi connectivity index (χ4v) is 1.53. The van der Waals surface area contributed by atoms with Crippen LogP contribution in [0.2, 0.25) is 0 Å². The molecular formula is C13H15N3O2. The Kier molecular flexibility index (Phi) is 3.74. The monoisotopic (exact) mass is 245 g/mol. The summed E-state index contributed by atoms with van der Waals surface area (Å²) in [5.41, 5.74) is 7.05.